The lowest BCUT2D eigenvalue weighted by atomic mass is 9.84. The van der Waals surface area contributed by atoms with Crippen molar-refractivity contribution in [3.63, 3.8) is 0 Å². The second-order valence-electron chi connectivity index (χ2n) is 6.16. The van der Waals surface area contributed by atoms with Gasteiger partial charge in [-0.15, -0.1) is 0 Å². The zero-order valence-corrected chi connectivity index (χ0v) is 13.8. The smallest absolute Gasteiger partial charge is 0.335 e. The summed E-state index contributed by atoms with van der Waals surface area (Å²) in [6.45, 7) is 3.33. The van der Waals surface area contributed by atoms with Crippen molar-refractivity contribution >= 4 is 27.6 Å². The van der Waals surface area contributed by atoms with Gasteiger partial charge < -0.3 is 14.9 Å². The van der Waals surface area contributed by atoms with Gasteiger partial charge in [0, 0.05) is 23.6 Å². The molecule has 2 fully saturated rings. The molecule has 0 spiro atoms. The van der Waals surface area contributed by atoms with Crippen molar-refractivity contribution in [1.29, 1.82) is 0 Å². The number of benzene rings is 1. The van der Waals surface area contributed by atoms with E-state index in [1.807, 2.05) is 6.07 Å². The first-order chi connectivity index (χ1) is 10.1. The van der Waals surface area contributed by atoms with Crippen LogP contribution in [0.25, 0.3) is 0 Å². The van der Waals surface area contributed by atoms with Gasteiger partial charge in [0.1, 0.15) is 0 Å². The Morgan fingerprint density at radius 1 is 1.33 bits per heavy atom. The fraction of sp³-hybridized carbons (Fsp3) is 0.562. The van der Waals surface area contributed by atoms with Crippen LogP contribution in [0.2, 0.25) is 0 Å². The van der Waals surface area contributed by atoms with E-state index >= 15 is 0 Å². The number of hydrogen-bond donors (Lipinski definition) is 1. The van der Waals surface area contributed by atoms with Crippen LogP contribution in [0.5, 0.6) is 0 Å². The predicted molar refractivity (Wildman–Crippen MR) is 87.1 cm³/mol. The average Bonchev–Trinajstić information content (AvgIpc) is 2.47. The molecule has 2 unspecified atom stereocenters. The van der Waals surface area contributed by atoms with Crippen LogP contribution < -0.4 is 4.90 Å². The van der Waals surface area contributed by atoms with Crippen molar-refractivity contribution in [3.8, 4) is 0 Å². The molecule has 114 valence electrons. The van der Waals surface area contributed by atoms with Gasteiger partial charge in [0.25, 0.3) is 0 Å². The molecule has 3 rings (SSSR count). The zero-order chi connectivity index (χ0) is 15.0. The Morgan fingerprint density at radius 2 is 2.14 bits per heavy atom. The van der Waals surface area contributed by atoms with Crippen molar-refractivity contribution < 1.29 is 9.90 Å². The molecule has 1 aromatic carbocycles. The summed E-state index contributed by atoms with van der Waals surface area (Å²) >= 11 is 3.54. The van der Waals surface area contributed by atoms with Crippen LogP contribution >= 0.6 is 15.9 Å². The summed E-state index contributed by atoms with van der Waals surface area (Å²) in [5.74, 6) is -0.154. The molecule has 4 nitrogen and oxygen atoms in total. The summed E-state index contributed by atoms with van der Waals surface area (Å²) in [5.41, 5.74) is 1.45. The first-order valence-corrected chi connectivity index (χ1v) is 8.33. The molecule has 2 atom stereocenters. The summed E-state index contributed by atoms with van der Waals surface area (Å²) in [6.07, 6.45) is 3.77. The van der Waals surface area contributed by atoms with Crippen molar-refractivity contribution in [2.45, 2.75) is 25.3 Å². The molecule has 2 heterocycles. The van der Waals surface area contributed by atoms with E-state index in [0.717, 1.165) is 29.2 Å². The molecule has 1 N–H and O–H groups in total. The minimum absolute atomic E-state index is 0.331. The standard InChI is InChI=1S/C16H21BrN2O2/c1-18-7-2-3-12-10-19(8-6-14(12)18)15-5-4-11(16(20)21)9-13(15)17/h4-5,9,12,14H,2-3,6-8,10H2,1H3,(H,20,21). The monoisotopic (exact) mass is 352 g/mol. The maximum absolute atomic E-state index is 11.0. The Morgan fingerprint density at radius 3 is 2.86 bits per heavy atom. The third-order valence-electron chi connectivity index (χ3n) is 4.88. The Labute approximate surface area is 133 Å². The number of nitrogens with zero attached hydrogens (tertiary/aromatic N) is 2. The highest BCUT2D eigenvalue weighted by Crippen LogP contribution is 2.35. The van der Waals surface area contributed by atoms with E-state index in [1.165, 1.54) is 25.8 Å². The van der Waals surface area contributed by atoms with E-state index in [4.69, 9.17) is 5.11 Å². The maximum Gasteiger partial charge on any atom is 0.335 e. The molecular formula is C16H21BrN2O2. The van der Waals surface area contributed by atoms with E-state index in [2.05, 4.69) is 32.8 Å². The van der Waals surface area contributed by atoms with Crippen LogP contribution in [0.3, 0.4) is 0 Å². The van der Waals surface area contributed by atoms with Gasteiger partial charge in [0.2, 0.25) is 0 Å². The van der Waals surface area contributed by atoms with Gasteiger partial charge in [0.15, 0.2) is 0 Å². The first kappa shape index (κ1) is 14.9. The largest absolute Gasteiger partial charge is 0.478 e. The van der Waals surface area contributed by atoms with Crippen molar-refractivity contribution in [1.82, 2.24) is 4.90 Å². The van der Waals surface area contributed by atoms with Crippen LogP contribution in [0, 0.1) is 5.92 Å². The van der Waals surface area contributed by atoms with Gasteiger partial charge in [-0.1, -0.05) is 0 Å². The van der Waals surface area contributed by atoms with E-state index in [9.17, 15) is 4.79 Å². The lowest BCUT2D eigenvalue weighted by Gasteiger charge is -2.46. The molecule has 2 saturated heterocycles. The highest BCUT2D eigenvalue weighted by atomic mass is 79.9. The third-order valence-corrected chi connectivity index (χ3v) is 5.52. The topological polar surface area (TPSA) is 43.8 Å². The van der Waals surface area contributed by atoms with Crippen molar-refractivity contribution in [3.05, 3.63) is 28.2 Å². The molecule has 1 aromatic rings. The van der Waals surface area contributed by atoms with Gasteiger partial charge in [-0.3, -0.25) is 0 Å². The minimum Gasteiger partial charge on any atom is -0.478 e. The van der Waals surface area contributed by atoms with E-state index < -0.39 is 5.97 Å². The van der Waals surface area contributed by atoms with E-state index in [0.29, 0.717) is 11.6 Å². The Bertz CT molecular complexity index is 549. The number of carboxylic acids is 1. The number of rotatable bonds is 2. The lowest BCUT2D eigenvalue weighted by Crippen LogP contribution is -2.52. The molecule has 0 radical (unpaired) electrons. The molecule has 0 amide bonds. The number of carbonyl (C=O) groups is 1. The summed E-state index contributed by atoms with van der Waals surface area (Å²) in [5, 5.41) is 9.05. The summed E-state index contributed by atoms with van der Waals surface area (Å²) < 4.78 is 0.880. The van der Waals surface area contributed by atoms with Gasteiger partial charge in [-0.2, -0.15) is 0 Å². The summed E-state index contributed by atoms with van der Waals surface area (Å²) in [7, 11) is 2.24. The van der Waals surface area contributed by atoms with Gasteiger partial charge >= 0.3 is 5.97 Å². The minimum atomic E-state index is -0.880. The van der Waals surface area contributed by atoms with Gasteiger partial charge in [-0.05, 0) is 72.9 Å². The van der Waals surface area contributed by atoms with Crippen LogP contribution in [-0.2, 0) is 0 Å². The molecule has 2 aliphatic rings. The fourth-order valence-corrected chi connectivity index (χ4v) is 4.40. The molecule has 0 saturated carbocycles. The van der Waals surface area contributed by atoms with Crippen LogP contribution in [0.1, 0.15) is 29.6 Å². The second kappa shape index (κ2) is 5.97. The van der Waals surface area contributed by atoms with Crippen LogP contribution in [0.4, 0.5) is 5.69 Å². The summed E-state index contributed by atoms with van der Waals surface area (Å²) in [6, 6.07) is 6.05. The van der Waals surface area contributed by atoms with E-state index in [-0.39, 0.29) is 0 Å². The molecule has 0 aliphatic carbocycles. The number of anilines is 1. The zero-order valence-electron chi connectivity index (χ0n) is 12.3. The number of likely N-dealkylation sites (tertiary alicyclic amines) is 1. The number of fused-ring (bicyclic) bond motifs is 1. The Hall–Kier alpha value is -1.07. The molecule has 2 aliphatic heterocycles. The molecule has 5 heteroatoms. The van der Waals surface area contributed by atoms with Gasteiger partial charge in [-0.25, -0.2) is 4.79 Å². The highest BCUT2D eigenvalue weighted by molar-refractivity contribution is 9.10. The van der Waals surface area contributed by atoms with Crippen LogP contribution in [-0.4, -0.2) is 48.7 Å². The quantitative estimate of drug-likeness (QED) is 0.888. The number of aromatic carboxylic acids is 1. The SMILES string of the molecule is CN1CCCC2CN(c3ccc(C(=O)O)cc3Br)CCC21. The van der Waals surface area contributed by atoms with Gasteiger partial charge in [0.05, 0.1) is 11.3 Å². The van der Waals surface area contributed by atoms with Crippen molar-refractivity contribution in [2.75, 3.05) is 31.6 Å². The Balaban J connectivity index is 1.78. The van der Waals surface area contributed by atoms with Crippen molar-refractivity contribution in [2.24, 2.45) is 5.92 Å². The lowest BCUT2D eigenvalue weighted by molar-refractivity contribution is 0.0697. The predicted octanol–water partition coefficient (Wildman–Crippen LogP) is 3.07. The molecule has 0 bridgehead atoms. The second-order valence-corrected chi connectivity index (χ2v) is 7.01. The van der Waals surface area contributed by atoms with E-state index in [1.54, 1.807) is 12.1 Å². The molecule has 0 aromatic heterocycles. The Kier molecular flexibility index (Phi) is 4.22. The molecule has 21 heavy (non-hydrogen) atoms. The maximum atomic E-state index is 11.0. The average molecular weight is 353 g/mol. The number of piperidine rings is 2. The number of carboxylic acid groups (broad SMARTS) is 1. The number of halogens is 1. The number of hydrogen-bond acceptors (Lipinski definition) is 3. The normalized spacial score (nSPS) is 26.5. The summed E-state index contributed by atoms with van der Waals surface area (Å²) in [4.78, 5) is 15.9. The van der Waals surface area contributed by atoms with Crippen LogP contribution in [0.15, 0.2) is 22.7 Å². The first-order valence-electron chi connectivity index (χ1n) is 7.54. The third kappa shape index (κ3) is 2.94. The highest BCUT2D eigenvalue weighted by Gasteiger charge is 2.34. The molecular weight excluding hydrogens is 332 g/mol. The fourth-order valence-electron chi connectivity index (χ4n) is 3.77.